The molecule has 2 aromatic rings. The molecule has 0 radical (unpaired) electrons. The Hall–Kier alpha value is -2.34. The van der Waals surface area contributed by atoms with Crippen LogP contribution in [0.3, 0.4) is 0 Å². The van der Waals surface area contributed by atoms with Crippen LogP contribution < -0.4 is 10.6 Å². The van der Waals surface area contributed by atoms with Crippen LogP contribution in [0.15, 0.2) is 35.6 Å². The zero-order valence-electron chi connectivity index (χ0n) is 15.9. The third kappa shape index (κ3) is 4.43. The fourth-order valence-corrected chi connectivity index (χ4v) is 3.29. The lowest BCUT2D eigenvalue weighted by atomic mass is 10.00. The number of hydrogen-bond acceptors (Lipinski definition) is 3. The van der Waals surface area contributed by atoms with Gasteiger partial charge in [-0.3, -0.25) is 4.68 Å². The predicted octanol–water partition coefficient (Wildman–Crippen LogP) is 1.87. The molecule has 3 rings (SSSR count). The molecular weight excluding hydrogens is 326 g/mol. The van der Waals surface area contributed by atoms with Gasteiger partial charge in [-0.25, -0.2) is 4.99 Å². The molecule has 0 aliphatic heterocycles. The van der Waals surface area contributed by atoms with Gasteiger partial charge in [-0.2, -0.15) is 5.10 Å². The Morgan fingerprint density at radius 1 is 1.31 bits per heavy atom. The summed E-state index contributed by atoms with van der Waals surface area (Å²) in [6, 6.07) is 6.69. The summed E-state index contributed by atoms with van der Waals surface area (Å²) in [5.74, 6) is 0.706. The molecule has 1 heterocycles. The fraction of sp³-hybridized carbons (Fsp3) is 0.500. The number of fused-ring (bicyclic) bond motifs is 1. The summed E-state index contributed by atoms with van der Waals surface area (Å²) < 4.78 is 1.69. The highest BCUT2D eigenvalue weighted by Crippen LogP contribution is 2.23. The molecular formula is C20H29N5O. The van der Waals surface area contributed by atoms with Gasteiger partial charge in [0.2, 0.25) is 0 Å². The van der Waals surface area contributed by atoms with Crippen molar-refractivity contribution >= 4 is 5.96 Å². The number of guanidine groups is 1. The number of aliphatic hydroxyl groups is 1. The number of aryl methyl sites for hydroxylation is 3. The molecule has 0 bridgehead atoms. The third-order valence-electron chi connectivity index (χ3n) is 4.85. The molecule has 0 amide bonds. The van der Waals surface area contributed by atoms with E-state index in [1.807, 2.05) is 20.2 Å². The van der Waals surface area contributed by atoms with E-state index < -0.39 is 5.60 Å². The first kappa shape index (κ1) is 18.5. The molecule has 0 fully saturated rings. The van der Waals surface area contributed by atoms with Gasteiger partial charge in [-0.15, -0.1) is 0 Å². The fourth-order valence-electron chi connectivity index (χ4n) is 3.29. The highest BCUT2D eigenvalue weighted by molar-refractivity contribution is 5.79. The van der Waals surface area contributed by atoms with Crippen LogP contribution in [0.25, 0.3) is 0 Å². The largest absolute Gasteiger partial charge is 0.383 e. The molecule has 0 spiro atoms. The van der Waals surface area contributed by atoms with E-state index in [9.17, 15) is 5.11 Å². The zero-order valence-corrected chi connectivity index (χ0v) is 15.9. The summed E-state index contributed by atoms with van der Waals surface area (Å²) in [5.41, 5.74) is 3.94. The van der Waals surface area contributed by atoms with Gasteiger partial charge in [-0.1, -0.05) is 18.2 Å². The number of benzene rings is 1. The van der Waals surface area contributed by atoms with Crippen molar-refractivity contribution in [1.29, 1.82) is 0 Å². The topological polar surface area (TPSA) is 74.5 Å². The average molecular weight is 355 g/mol. The maximum absolute atomic E-state index is 10.7. The second-order valence-corrected chi connectivity index (χ2v) is 7.18. The zero-order chi connectivity index (χ0) is 18.6. The lowest BCUT2D eigenvalue weighted by Crippen LogP contribution is -2.44. The van der Waals surface area contributed by atoms with Crippen molar-refractivity contribution in [3.05, 3.63) is 52.8 Å². The Kier molecular flexibility index (Phi) is 5.61. The lowest BCUT2D eigenvalue weighted by molar-refractivity contribution is 0.0616. The summed E-state index contributed by atoms with van der Waals surface area (Å²) in [6.07, 6.45) is 7.16. The number of hydrogen-bond donors (Lipinski definition) is 3. The summed E-state index contributed by atoms with van der Waals surface area (Å²) >= 11 is 0. The monoisotopic (exact) mass is 355 g/mol. The SMILES string of the molecule is CCNC(=NCc1ccc2c(c1)CCC2)NCC(C)(O)c1cnn(C)c1. The van der Waals surface area contributed by atoms with Crippen molar-refractivity contribution in [2.45, 2.75) is 45.3 Å². The van der Waals surface area contributed by atoms with Crippen LogP contribution in [0, 0.1) is 0 Å². The Bertz CT molecular complexity index is 778. The molecule has 26 heavy (non-hydrogen) atoms. The first-order valence-corrected chi connectivity index (χ1v) is 9.32. The van der Waals surface area contributed by atoms with Crippen LogP contribution in [-0.4, -0.2) is 33.9 Å². The average Bonchev–Trinajstić information content (AvgIpc) is 3.26. The van der Waals surface area contributed by atoms with Crippen LogP contribution in [0.5, 0.6) is 0 Å². The van der Waals surface area contributed by atoms with Crippen molar-refractivity contribution in [2.75, 3.05) is 13.1 Å². The van der Waals surface area contributed by atoms with Crippen LogP contribution in [0.2, 0.25) is 0 Å². The van der Waals surface area contributed by atoms with Crippen molar-refractivity contribution < 1.29 is 5.11 Å². The molecule has 6 heteroatoms. The first-order valence-electron chi connectivity index (χ1n) is 9.32. The molecule has 6 nitrogen and oxygen atoms in total. The second kappa shape index (κ2) is 7.91. The maximum atomic E-state index is 10.7. The summed E-state index contributed by atoms with van der Waals surface area (Å²) in [5, 5.41) is 21.3. The standard InChI is InChI=1S/C20H29N5O/c1-4-21-19(23-14-20(2,26)18-12-24-25(3)13-18)22-11-15-8-9-16-6-5-7-17(16)10-15/h8-10,12-13,26H,4-7,11,14H2,1-3H3,(H2,21,22,23). The third-order valence-corrected chi connectivity index (χ3v) is 4.85. The van der Waals surface area contributed by atoms with Gasteiger partial charge in [0.25, 0.3) is 0 Å². The van der Waals surface area contributed by atoms with Gasteiger partial charge in [0.05, 0.1) is 19.3 Å². The van der Waals surface area contributed by atoms with Crippen LogP contribution in [-0.2, 0) is 32.0 Å². The summed E-state index contributed by atoms with van der Waals surface area (Å²) in [6.45, 7) is 5.56. The minimum atomic E-state index is -1.02. The van der Waals surface area contributed by atoms with E-state index in [4.69, 9.17) is 0 Å². The second-order valence-electron chi connectivity index (χ2n) is 7.18. The van der Waals surface area contributed by atoms with Gasteiger partial charge >= 0.3 is 0 Å². The smallest absolute Gasteiger partial charge is 0.191 e. The summed E-state index contributed by atoms with van der Waals surface area (Å²) in [7, 11) is 1.84. The highest BCUT2D eigenvalue weighted by atomic mass is 16.3. The maximum Gasteiger partial charge on any atom is 0.191 e. The van der Waals surface area contributed by atoms with E-state index in [2.05, 4.69) is 38.9 Å². The van der Waals surface area contributed by atoms with E-state index >= 15 is 0 Å². The van der Waals surface area contributed by atoms with E-state index in [1.165, 1.54) is 36.0 Å². The van der Waals surface area contributed by atoms with Gasteiger partial charge in [0.15, 0.2) is 5.96 Å². The van der Waals surface area contributed by atoms with Crippen LogP contribution in [0.4, 0.5) is 0 Å². The van der Waals surface area contributed by atoms with Crippen molar-refractivity contribution in [1.82, 2.24) is 20.4 Å². The number of aromatic nitrogens is 2. The van der Waals surface area contributed by atoms with Crippen molar-refractivity contribution in [3.63, 3.8) is 0 Å². The van der Waals surface area contributed by atoms with E-state index in [-0.39, 0.29) is 0 Å². The molecule has 1 aromatic heterocycles. The normalized spacial score (nSPS) is 16.2. The van der Waals surface area contributed by atoms with E-state index in [1.54, 1.807) is 17.8 Å². The van der Waals surface area contributed by atoms with Gasteiger partial charge in [0.1, 0.15) is 5.60 Å². The van der Waals surface area contributed by atoms with E-state index in [0.29, 0.717) is 19.0 Å². The number of nitrogens with zero attached hydrogens (tertiary/aromatic N) is 3. The molecule has 1 aliphatic carbocycles. The predicted molar refractivity (Wildman–Crippen MR) is 104 cm³/mol. The molecule has 0 saturated carbocycles. The first-order chi connectivity index (χ1) is 12.5. The molecule has 1 aliphatic rings. The van der Waals surface area contributed by atoms with Gasteiger partial charge in [-0.05, 0) is 49.8 Å². The number of rotatable bonds is 6. The minimum absolute atomic E-state index is 0.356. The van der Waals surface area contributed by atoms with E-state index in [0.717, 1.165) is 12.1 Å². The molecule has 0 saturated heterocycles. The Morgan fingerprint density at radius 2 is 2.12 bits per heavy atom. The summed E-state index contributed by atoms with van der Waals surface area (Å²) in [4.78, 5) is 4.67. The Balaban J connectivity index is 1.63. The van der Waals surface area contributed by atoms with Gasteiger partial charge < -0.3 is 15.7 Å². The lowest BCUT2D eigenvalue weighted by Gasteiger charge is -2.23. The van der Waals surface area contributed by atoms with Crippen molar-refractivity contribution in [3.8, 4) is 0 Å². The number of nitrogens with one attached hydrogen (secondary N) is 2. The van der Waals surface area contributed by atoms with Gasteiger partial charge in [0, 0.05) is 25.4 Å². The molecule has 1 atom stereocenters. The van der Waals surface area contributed by atoms with Crippen LogP contribution >= 0.6 is 0 Å². The molecule has 1 aromatic carbocycles. The molecule has 3 N–H and O–H groups in total. The number of aliphatic imine (C=N–C) groups is 1. The quantitative estimate of drug-likeness (QED) is 0.546. The Labute approximate surface area is 155 Å². The highest BCUT2D eigenvalue weighted by Gasteiger charge is 2.25. The molecule has 140 valence electrons. The van der Waals surface area contributed by atoms with Crippen LogP contribution in [0.1, 0.15) is 42.5 Å². The minimum Gasteiger partial charge on any atom is -0.383 e. The van der Waals surface area contributed by atoms with Crippen molar-refractivity contribution in [2.24, 2.45) is 12.0 Å². The molecule has 1 unspecified atom stereocenters. The Morgan fingerprint density at radius 3 is 2.85 bits per heavy atom.